The van der Waals surface area contributed by atoms with Crippen LogP contribution in [0.25, 0.3) is 0 Å². The Morgan fingerprint density at radius 3 is 2.11 bits per heavy atom. The highest BCUT2D eigenvalue weighted by Crippen LogP contribution is 2.28. The average Bonchev–Trinajstić information content (AvgIpc) is 3.38. The van der Waals surface area contributed by atoms with Crippen molar-refractivity contribution in [1.82, 2.24) is 4.90 Å². The predicted molar refractivity (Wildman–Crippen MR) is 143 cm³/mol. The molecule has 0 unspecified atom stereocenters. The number of amides is 2. The van der Waals surface area contributed by atoms with Gasteiger partial charge in [0.2, 0.25) is 10.0 Å². The van der Waals surface area contributed by atoms with E-state index < -0.39 is 10.0 Å². The summed E-state index contributed by atoms with van der Waals surface area (Å²) in [4.78, 5) is 27.7. The zero-order chi connectivity index (χ0) is 25.9. The third-order valence-corrected chi connectivity index (χ3v) is 7.54. The van der Waals surface area contributed by atoms with Gasteiger partial charge in [0.05, 0.1) is 29.7 Å². The molecule has 1 heterocycles. The maximum atomic E-state index is 13.0. The lowest BCUT2D eigenvalue weighted by atomic mass is 10.1. The maximum Gasteiger partial charge on any atom is 0.255 e. The Balaban J connectivity index is 1.52. The summed E-state index contributed by atoms with van der Waals surface area (Å²) in [5, 5.41) is 2.86. The number of nitrogens with one attached hydrogen (secondary N) is 1. The molecule has 7 nitrogen and oxygen atoms in total. The van der Waals surface area contributed by atoms with Crippen LogP contribution in [-0.4, -0.2) is 44.5 Å². The van der Waals surface area contributed by atoms with Gasteiger partial charge in [0.15, 0.2) is 0 Å². The maximum absolute atomic E-state index is 13.0. The van der Waals surface area contributed by atoms with Crippen LogP contribution < -0.4 is 9.62 Å². The minimum absolute atomic E-state index is 0.0777. The Bertz CT molecular complexity index is 1360. The standard InChI is InChI=1S/C28H31N3O4S/c1-20-9-8-10-21(2)26(20)31(36(3,34)35)19-22-13-15-23(16-14-22)27(32)29-25-12-5-4-11-24(25)28(33)30-17-6-7-18-30/h4-5,8-16H,6-7,17-19H2,1-3H3,(H,29,32). The van der Waals surface area contributed by atoms with Gasteiger partial charge in [0.1, 0.15) is 0 Å². The largest absolute Gasteiger partial charge is 0.339 e. The van der Waals surface area contributed by atoms with Crippen LogP contribution in [-0.2, 0) is 16.6 Å². The molecule has 0 atom stereocenters. The summed E-state index contributed by atoms with van der Waals surface area (Å²) in [5.41, 5.74) is 4.53. The monoisotopic (exact) mass is 505 g/mol. The van der Waals surface area contributed by atoms with Crippen molar-refractivity contribution in [3.63, 3.8) is 0 Å². The van der Waals surface area contributed by atoms with Crippen molar-refractivity contribution in [2.24, 2.45) is 0 Å². The first-order chi connectivity index (χ1) is 17.1. The second-order valence-corrected chi connectivity index (χ2v) is 11.1. The smallest absolute Gasteiger partial charge is 0.255 e. The van der Waals surface area contributed by atoms with Gasteiger partial charge in [-0.3, -0.25) is 13.9 Å². The van der Waals surface area contributed by atoms with Crippen LogP contribution in [0.2, 0.25) is 0 Å². The molecule has 2 amide bonds. The summed E-state index contributed by atoms with van der Waals surface area (Å²) < 4.78 is 26.7. The van der Waals surface area contributed by atoms with E-state index in [-0.39, 0.29) is 18.4 Å². The summed E-state index contributed by atoms with van der Waals surface area (Å²) in [6, 6.07) is 19.5. The van der Waals surface area contributed by atoms with Crippen molar-refractivity contribution >= 4 is 33.2 Å². The quantitative estimate of drug-likeness (QED) is 0.502. The van der Waals surface area contributed by atoms with Gasteiger partial charge < -0.3 is 10.2 Å². The van der Waals surface area contributed by atoms with Gasteiger partial charge in [-0.15, -0.1) is 0 Å². The van der Waals surface area contributed by atoms with Gasteiger partial charge >= 0.3 is 0 Å². The van der Waals surface area contributed by atoms with Crippen molar-refractivity contribution in [3.05, 3.63) is 94.5 Å². The molecule has 1 N–H and O–H groups in total. The highest BCUT2D eigenvalue weighted by atomic mass is 32.2. The molecule has 1 aliphatic heterocycles. The Morgan fingerprint density at radius 1 is 0.889 bits per heavy atom. The Kier molecular flexibility index (Phi) is 7.45. The van der Waals surface area contributed by atoms with Crippen molar-refractivity contribution in [2.75, 3.05) is 29.0 Å². The SMILES string of the molecule is Cc1cccc(C)c1N(Cc1ccc(C(=O)Nc2ccccc2C(=O)N2CCCC2)cc1)S(C)(=O)=O. The minimum atomic E-state index is -3.53. The van der Waals surface area contributed by atoms with Crippen LogP contribution in [0.15, 0.2) is 66.7 Å². The van der Waals surface area contributed by atoms with Gasteiger partial charge in [-0.1, -0.05) is 42.5 Å². The summed E-state index contributed by atoms with van der Waals surface area (Å²) in [6.45, 7) is 5.39. The summed E-state index contributed by atoms with van der Waals surface area (Å²) in [5.74, 6) is -0.413. The van der Waals surface area contributed by atoms with Crippen LogP contribution in [0.3, 0.4) is 0 Å². The fourth-order valence-corrected chi connectivity index (χ4v) is 5.56. The number of para-hydroxylation sites is 2. The van der Waals surface area contributed by atoms with E-state index >= 15 is 0 Å². The molecular weight excluding hydrogens is 474 g/mol. The molecule has 1 saturated heterocycles. The van der Waals surface area contributed by atoms with Crippen molar-refractivity contribution < 1.29 is 18.0 Å². The fraction of sp³-hybridized carbons (Fsp3) is 0.286. The van der Waals surface area contributed by atoms with Crippen LogP contribution in [0, 0.1) is 13.8 Å². The number of carbonyl (C=O) groups excluding carboxylic acids is 2. The molecule has 0 bridgehead atoms. The van der Waals surface area contributed by atoms with E-state index in [2.05, 4.69) is 5.32 Å². The Morgan fingerprint density at radius 2 is 1.50 bits per heavy atom. The van der Waals surface area contributed by atoms with Crippen molar-refractivity contribution in [1.29, 1.82) is 0 Å². The van der Waals surface area contributed by atoms with Gasteiger partial charge in [-0.25, -0.2) is 8.42 Å². The first kappa shape index (κ1) is 25.4. The van der Waals surface area contributed by atoms with E-state index in [4.69, 9.17) is 0 Å². The molecule has 1 fully saturated rings. The number of anilines is 2. The minimum Gasteiger partial charge on any atom is -0.339 e. The summed E-state index contributed by atoms with van der Waals surface area (Å²) >= 11 is 0. The predicted octanol–water partition coefficient (Wildman–Crippen LogP) is 4.76. The molecule has 1 aliphatic rings. The molecule has 36 heavy (non-hydrogen) atoms. The number of sulfonamides is 1. The molecule has 0 spiro atoms. The van der Waals surface area contributed by atoms with Gasteiger partial charge in [-0.05, 0) is 67.6 Å². The van der Waals surface area contributed by atoms with Gasteiger partial charge in [-0.2, -0.15) is 0 Å². The van der Waals surface area contributed by atoms with Crippen molar-refractivity contribution in [2.45, 2.75) is 33.2 Å². The molecule has 3 aromatic carbocycles. The molecule has 0 aromatic heterocycles. The second-order valence-electron chi connectivity index (χ2n) is 9.21. The number of carbonyl (C=O) groups is 2. The van der Waals surface area contributed by atoms with Crippen LogP contribution in [0.5, 0.6) is 0 Å². The lowest BCUT2D eigenvalue weighted by Gasteiger charge is -2.26. The van der Waals surface area contributed by atoms with Crippen LogP contribution >= 0.6 is 0 Å². The van der Waals surface area contributed by atoms with E-state index in [0.29, 0.717) is 22.5 Å². The highest BCUT2D eigenvalue weighted by Gasteiger charge is 2.23. The van der Waals surface area contributed by atoms with Crippen LogP contribution in [0.1, 0.15) is 50.2 Å². The van der Waals surface area contributed by atoms with Gasteiger partial charge in [0, 0.05) is 18.7 Å². The lowest BCUT2D eigenvalue weighted by Crippen LogP contribution is -2.30. The van der Waals surface area contributed by atoms with E-state index in [0.717, 1.165) is 42.6 Å². The second kappa shape index (κ2) is 10.5. The number of likely N-dealkylation sites (tertiary alicyclic amines) is 1. The van der Waals surface area contributed by atoms with E-state index in [1.54, 1.807) is 48.5 Å². The molecule has 3 aromatic rings. The van der Waals surface area contributed by atoms with E-state index in [9.17, 15) is 18.0 Å². The third kappa shape index (κ3) is 5.60. The first-order valence-corrected chi connectivity index (χ1v) is 13.8. The number of rotatable bonds is 7. The lowest BCUT2D eigenvalue weighted by molar-refractivity contribution is 0.0794. The number of nitrogens with zero attached hydrogens (tertiary/aromatic N) is 2. The molecule has 0 aliphatic carbocycles. The highest BCUT2D eigenvalue weighted by molar-refractivity contribution is 7.92. The van der Waals surface area contributed by atoms with Crippen molar-refractivity contribution in [3.8, 4) is 0 Å². The molecule has 4 rings (SSSR count). The molecule has 8 heteroatoms. The molecule has 188 valence electrons. The molecule has 0 saturated carbocycles. The normalized spacial score (nSPS) is 13.5. The first-order valence-electron chi connectivity index (χ1n) is 12.0. The van der Waals surface area contributed by atoms with Gasteiger partial charge in [0.25, 0.3) is 11.8 Å². The number of aryl methyl sites for hydroxylation is 2. The topological polar surface area (TPSA) is 86.8 Å². The third-order valence-electron chi connectivity index (χ3n) is 6.43. The number of hydrogen-bond acceptors (Lipinski definition) is 4. The van der Waals surface area contributed by atoms with Crippen LogP contribution in [0.4, 0.5) is 11.4 Å². The zero-order valence-electron chi connectivity index (χ0n) is 20.8. The van der Waals surface area contributed by atoms with E-state index in [1.165, 1.54) is 10.6 Å². The Labute approximate surface area is 212 Å². The molecule has 0 radical (unpaired) electrons. The number of benzene rings is 3. The Hall–Kier alpha value is -3.65. The van der Waals surface area contributed by atoms with E-state index in [1.807, 2.05) is 36.9 Å². The number of hydrogen-bond donors (Lipinski definition) is 1. The average molecular weight is 506 g/mol. The summed E-state index contributed by atoms with van der Waals surface area (Å²) in [7, 11) is -3.53. The fourth-order valence-electron chi connectivity index (χ4n) is 4.55. The molecular formula is C28H31N3O4S. The summed E-state index contributed by atoms with van der Waals surface area (Å²) in [6.07, 6.45) is 3.18. The zero-order valence-corrected chi connectivity index (χ0v) is 21.6.